The van der Waals surface area contributed by atoms with Crippen molar-refractivity contribution in [3.63, 3.8) is 0 Å². The second-order valence-electron chi connectivity index (χ2n) is 3.57. The van der Waals surface area contributed by atoms with Crippen molar-refractivity contribution in [3.8, 4) is 0 Å². The molecular weight excluding hydrogens is 272 g/mol. The topological polar surface area (TPSA) is 79.8 Å². The normalized spacial score (nSPS) is 10.3. The largest absolute Gasteiger partial charge is 0.386 e. The number of anilines is 1. The maximum Gasteiger partial charge on any atom is 0.270 e. The Bertz CT molecular complexity index is 521. The van der Waals surface area contributed by atoms with E-state index in [4.69, 9.17) is 0 Å². The molecule has 0 fully saturated rings. The fourth-order valence-corrected chi connectivity index (χ4v) is 1.19. The number of hydrogen-bond acceptors (Lipinski definition) is 4. The molecule has 108 valence electrons. The molecule has 0 aliphatic carbocycles. The fourth-order valence-electron chi connectivity index (χ4n) is 1.19. The van der Waals surface area contributed by atoms with Crippen LogP contribution in [-0.4, -0.2) is 31.2 Å². The van der Waals surface area contributed by atoms with Crippen LogP contribution >= 0.6 is 0 Å². The van der Waals surface area contributed by atoms with E-state index >= 15 is 0 Å². The third-order valence-electron chi connectivity index (χ3n) is 2.00. The van der Waals surface area contributed by atoms with Crippen LogP contribution in [0.5, 0.6) is 0 Å². The van der Waals surface area contributed by atoms with Crippen molar-refractivity contribution in [2.45, 2.75) is 6.92 Å². The summed E-state index contributed by atoms with van der Waals surface area (Å²) in [5, 5.41) is 7.85. The van der Waals surface area contributed by atoms with Gasteiger partial charge in [0.1, 0.15) is 17.8 Å². The molecule has 0 spiro atoms. The minimum Gasteiger partial charge on any atom is -0.386 e. The number of hydrogen-bond donors (Lipinski definition) is 2. The molecule has 0 radical (unpaired) electrons. The first kappa shape index (κ1) is 15.5. The van der Waals surface area contributed by atoms with Crippen molar-refractivity contribution in [3.05, 3.63) is 29.8 Å². The van der Waals surface area contributed by atoms with Gasteiger partial charge in [0.05, 0.1) is 5.69 Å². The highest BCUT2D eigenvalue weighted by Gasteiger charge is 2.06. The van der Waals surface area contributed by atoms with E-state index in [0.29, 0.717) is 12.6 Å². The van der Waals surface area contributed by atoms with Crippen LogP contribution in [-0.2, 0) is 14.4 Å². The summed E-state index contributed by atoms with van der Waals surface area (Å²) < 4.78 is 25.8. The average Bonchev–Trinajstić information content (AvgIpc) is 2.38. The first-order valence-corrected chi connectivity index (χ1v) is 5.71. The van der Waals surface area contributed by atoms with Gasteiger partial charge >= 0.3 is 0 Å². The molecule has 0 aliphatic rings. The number of carbonyl (C=O) groups is 2. The van der Waals surface area contributed by atoms with Crippen molar-refractivity contribution in [1.29, 1.82) is 0 Å². The number of halogens is 2. The number of amides is 2. The minimum absolute atomic E-state index is 0.188. The second-order valence-corrected chi connectivity index (χ2v) is 3.57. The molecule has 0 saturated heterocycles. The first-order valence-electron chi connectivity index (χ1n) is 5.71. The lowest BCUT2D eigenvalue weighted by Gasteiger charge is -2.03. The summed E-state index contributed by atoms with van der Waals surface area (Å²) in [5.74, 6) is -2.81. The highest BCUT2D eigenvalue weighted by molar-refractivity contribution is 6.31. The molecule has 2 N–H and O–H groups in total. The van der Waals surface area contributed by atoms with Crippen molar-refractivity contribution in [2.75, 3.05) is 18.5 Å². The van der Waals surface area contributed by atoms with E-state index in [1.165, 1.54) is 0 Å². The van der Waals surface area contributed by atoms with E-state index < -0.39 is 17.5 Å². The van der Waals surface area contributed by atoms with Crippen LogP contribution in [0.2, 0.25) is 0 Å². The lowest BCUT2D eigenvalue weighted by Crippen LogP contribution is -2.26. The summed E-state index contributed by atoms with van der Waals surface area (Å²) >= 11 is 0. The Balaban J connectivity index is 2.41. The number of carbonyl (C=O) groups excluding carboxylic acids is 2. The number of benzene rings is 1. The zero-order chi connectivity index (χ0) is 15.0. The van der Waals surface area contributed by atoms with Gasteiger partial charge in [-0.25, -0.2) is 8.78 Å². The van der Waals surface area contributed by atoms with Crippen LogP contribution < -0.4 is 10.6 Å². The highest BCUT2D eigenvalue weighted by atomic mass is 19.1. The van der Waals surface area contributed by atoms with Crippen molar-refractivity contribution < 1.29 is 23.2 Å². The third kappa shape index (κ3) is 5.42. The molecule has 0 aliphatic heterocycles. The van der Waals surface area contributed by atoms with E-state index in [-0.39, 0.29) is 18.2 Å². The summed E-state index contributed by atoms with van der Waals surface area (Å²) in [6.07, 6.45) is 0.738. The van der Waals surface area contributed by atoms with Gasteiger partial charge in [0.15, 0.2) is 6.61 Å². The molecule has 20 heavy (non-hydrogen) atoms. The van der Waals surface area contributed by atoms with E-state index in [1.807, 2.05) is 0 Å². The maximum atomic E-state index is 13.2. The number of nitrogens with one attached hydrogen (secondary N) is 2. The number of likely N-dealkylation sites (N-methyl/N-ethyl adjacent to an activating group) is 1. The van der Waals surface area contributed by atoms with Crippen molar-refractivity contribution in [2.24, 2.45) is 5.16 Å². The quantitative estimate of drug-likeness (QED) is 0.605. The lowest BCUT2D eigenvalue weighted by molar-refractivity contribution is -0.125. The Morgan fingerprint density at radius 1 is 1.40 bits per heavy atom. The zero-order valence-corrected chi connectivity index (χ0v) is 10.7. The fraction of sp³-hybridized carbons (Fsp3) is 0.250. The van der Waals surface area contributed by atoms with E-state index in [1.54, 1.807) is 6.92 Å². The summed E-state index contributed by atoms with van der Waals surface area (Å²) in [6.45, 7) is 1.87. The molecule has 0 bridgehead atoms. The van der Waals surface area contributed by atoms with Crippen LogP contribution in [0.4, 0.5) is 14.5 Å². The standard InChI is InChI=1S/C12H13F2N3O3/c1-2-15-12(19)7-20-16-6-11(18)17-10-4-3-8(13)5-9(10)14/h3-6H,2,7H2,1H3,(H,15,19)(H,17,18)/b16-6+. The smallest absolute Gasteiger partial charge is 0.270 e. The Morgan fingerprint density at radius 2 is 2.15 bits per heavy atom. The van der Waals surface area contributed by atoms with E-state index in [2.05, 4.69) is 20.6 Å². The molecule has 0 atom stereocenters. The molecule has 1 aromatic rings. The second kappa shape index (κ2) is 7.82. The van der Waals surface area contributed by atoms with Gasteiger partial charge in [-0.2, -0.15) is 0 Å². The van der Waals surface area contributed by atoms with Crippen LogP contribution in [0.25, 0.3) is 0 Å². The first-order chi connectivity index (χ1) is 9.52. The van der Waals surface area contributed by atoms with Gasteiger partial charge in [0, 0.05) is 12.6 Å². The molecule has 6 nitrogen and oxygen atoms in total. The molecule has 1 rings (SSSR count). The molecule has 8 heteroatoms. The van der Waals surface area contributed by atoms with Gasteiger partial charge in [0.25, 0.3) is 11.8 Å². The van der Waals surface area contributed by atoms with Crippen LogP contribution in [0.1, 0.15) is 6.92 Å². The zero-order valence-electron chi connectivity index (χ0n) is 10.7. The monoisotopic (exact) mass is 285 g/mol. The molecular formula is C12H13F2N3O3. The molecule has 0 heterocycles. The van der Waals surface area contributed by atoms with E-state index in [0.717, 1.165) is 18.3 Å². The van der Waals surface area contributed by atoms with Gasteiger partial charge in [-0.3, -0.25) is 9.59 Å². The lowest BCUT2D eigenvalue weighted by atomic mass is 10.3. The van der Waals surface area contributed by atoms with Gasteiger partial charge < -0.3 is 15.5 Å². The summed E-state index contributed by atoms with van der Waals surface area (Å²) in [6, 6.07) is 2.71. The van der Waals surface area contributed by atoms with Crippen LogP contribution in [0.3, 0.4) is 0 Å². The predicted octanol–water partition coefficient (Wildman–Crippen LogP) is 1.04. The minimum atomic E-state index is -0.907. The maximum absolute atomic E-state index is 13.2. The number of oxime groups is 1. The van der Waals surface area contributed by atoms with Gasteiger partial charge in [-0.1, -0.05) is 5.16 Å². The predicted molar refractivity (Wildman–Crippen MR) is 68.1 cm³/mol. The Kier molecular flexibility index (Phi) is 6.08. The van der Waals surface area contributed by atoms with Crippen LogP contribution in [0.15, 0.2) is 23.4 Å². The molecule has 2 amide bonds. The van der Waals surface area contributed by atoms with Gasteiger partial charge in [0.2, 0.25) is 0 Å². The number of rotatable bonds is 6. The summed E-state index contributed by atoms with van der Waals surface area (Å²) in [7, 11) is 0. The van der Waals surface area contributed by atoms with Crippen molar-refractivity contribution >= 4 is 23.7 Å². The summed E-state index contributed by atoms with van der Waals surface area (Å²) in [4.78, 5) is 26.8. The van der Waals surface area contributed by atoms with Gasteiger partial charge in [-0.15, -0.1) is 0 Å². The SMILES string of the molecule is CCNC(=O)CO/N=C/C(=O)Nc1ccc(F)cc1F. The van der Waals surface area contributed by atoms with Crippen LogP contribution in [0, 0.1) is 11.6 Å². The third-order valence-corrected chi connectivity index (χ3v) is 2.00. The molecule has 0 unspecified atom stereocenters. The number of nitrogens with zero attached hydrogens (tertiary/aromatic N) is 1. The Hall–Kier alpha value is -2.51. The van der Waals surface area contributed by atoms with Gasteiger partial charge in [-0.05, 0) is 19.1 Å². The molecule has 0 saturated carbocycles. The Morgan fingerprint density at radius 3 is 2.80 bits per heavy atom. The molecule has 0 aromatic heterocycles. The highest BCUT2D eigenvalue weighted by Crippen LogP contribution is 2.14. The Labute approximate surface area is 113 Å². The van der Waals surface area contributed by atoms with E-state index in [9.17, 15) is 18.4 Å². The van der Waals surface area contributed by atoms with Crippen molar-refractivity contribution in [1.82, 2.24) is 5.32 Å². The average molecular weight is 285 g/mol. The molecule has 1 aromatic carbocycles. The summed E-state index contributed by atoms with van der Waals surface area (Å²) in [5.41, 5.74) is -0.188.